The standard InChI is InChI=1S/C41H27Cl2F5N2O8/c1-57-24-14-19(15-25(58-2)35(24)52)27-21-12-13-22-26(37(54)49(36(22)53)20-10-8-18(9-11-20)34(51)17-6-4-3-5-7-17)23(21)16-40(42)38(55)50(39(56)41(27,40)43)33-31(47)29(45)28(44)30(46)32(33)48/h3-12,14-15,22-23,26-27,52H,13,16H2,1-2H3. The molecule has 10 nitrogen and oxygen atoms in total. The lowest BCUT2D eigenvalue weighted by Crippen LogP contribution is -2.60. The van der Waals surface area contributed by atoms with Gasteiger partial charge < -0.3 is 14.6 Å². The van der Waals surface area contributed by atoms with Crippen molar-refractivity contribution in [2.24, 2.45) is 17.8 Å². The molecule has 4 aliphatic rings. The van der Waals surface area contributed by atoms with Crippen LogP contribution >= 0.6 is 23.2 Å². The monoisotopic (exact) mass is 840 g/mol. The van der Waals surface area contributed by atoms with Gasteiger partial charge in [0.25, 0.3) is 11.8 Å². The maximum Gasteiger partial charge on any atom is 0.258 e. The highest BCUT2D eigenvalue weighted by Gasteiger charge is 2.77. The first-order valence-corrected chi connectivity index (χ1v) is 18.3. The molecule has 4 amide bonds. The van der Waals surface area contributed by atoms with E-state index in [1.807, 2.05) is 0 Å². The van der Waals surface area contributed by atoms with Gasteiger partial charge in [0.1, 0.15) is 5.69 Å². The van der Waals surface area contributed by atoms with E-state index in [1.54, 1.807) is 30.3 Å². The van der Waals surface area contributed by atoms with Crippen LogP contribution < -0.4 is 19.3 Å². The fraction of sp³-hybridized carbons (Fsp3) is 0.244. The number of carbonyl (C=O) groups is 5. The molecule has 2 saturated heterocycles. The minimum Gasteiger partial charge on any atom is -0.502 e. The molecule has 0 bridgehead atoms. The van der Waals surface area contributed by atoms with Crippen LogP contribution in [0.25, 0.3) is 0 Å². The Balaban J connectivity index is 1.26. The number of phenolic OH excluding ortho intramolecular Hbond substituents is 1. The van der Waals surface area contributed by atoms with E-state index >= 15 is 8.78 Å². The summed E-state index contributed by atoms with van der Waals surface area (Å²) < 4.78 is 84.7. The second kappa shape index (κ2) is 13.7. The molecule has 0 radical (unpaired) electrons. The lowest BCUT2D eigenvalue weighted by atomic mass is 9.56. The number of nitrogens with zero attached hydrogens (tertiary/aromatic N) is 2. The number of hydrogen-bond acceptors (Lipinski definition) is 8. The average Bonchev–Trinajstić information content (AvgIpc) is 3.57. The fourth-order valence-corrected chi connectivity index (χ4v) is 9.73. The Morgan fingerprint density at radius 1 is 0.741 bits per heavy atom. The summed E-state index contributed by atoms with van der Waals surface area (Å²) in [5, 5.41) is 10.8. The smallest absolute Gasteiger partial charge is 0.258 e. The number of methoxy groups -OCH3 is 2. The van der Waals surface area contributed by atoms with Crippen LogP contribution in [-0.4, -0.2) is 58.5 Å². The van der Waals surface area contributed by atoms with E-state index < -0.39 is 104 Å². The fourth-order valence-electron chi connectivity index (χ4n) is 8.79. The number of ketones is 1. The molecule has 1 saturated carbocycles. The Hall–Kier alpha value is -5.80. The van der Waals surface area contributed by atoms with E-state index in [0.29, 0.717) is 5.56 Å². The number of hydrogen-bond donors (Lipinski definition) is 1. The Labute approximate surface area is 335 Å². The molecule has 4 aromatic rings. The Bertz CT molecular complexity index is 2490. The van der Waals surface area contributed by atoms with Gasteiger partial charge in [0.2, 0.25) is 23.4 Å². The molecule has 2 aliphatic heterocycles. The number of amides is 4. The van der Waals surface area contributed by atoms with Crippen molar-refractivity contribution < 1.29 is 60.5 Å². The number of allylic oxidation sites excluding steroid dienone is 2. The van der Waals surface area contributed by atoms with Crippen LogP contribution in [0.15, 0.2) is 78.4 Å². The zero-order valence-corrected chi connectivity index (χ0v) is 31.5. The van der Waals surface area contributed by atoms with Gasteiger partial charge in [-0.25, -0.2) is 26.9 Å². The number of imide groups is 2. The van der Waals surface area contributed by atoms with Crippen molar-refractivity contribution in [1.29, 1.82) is 0 Å². The van der Waals surface area contributed by atoms with Crippen molar-refractivity contribution >= 4 is 64.0 Å². The molecular formula is C41H27Cl2F5N2O8. The summed E-state index contributed by atoms with van der Waals surface area (Å²) in [5.74, 6) is -23.6. The number of benzene rings is 4. The molecule has 8 rings (SSSR count). The third kappa shape index (κ3) is 5.18. The van der Waals surface area contributed by atoms with Gasteiger partial charge in [-0.1, -0.05) is 42.0 Å². The van der Waals surface area contributed by atoms with Gasteiger partial charge in [-0.15, -0.1) is 23.2 Å². The first-order valence-electron chi connectivity index (χ1n) is 17.5. The first kappa shape index (κ1) is 39.0. The SMILES string of the molecule is COc1cc(C2C3=CCC4C(=O)N(c5ccc(C(=O)c6ccccc6)cc5)C(=O)C4C3CC3(Cl)C(=O)N(c4c(F)c(F)c(F)c(F)c4F)C(=O)C23Cl)cc(OC)c1O. The van der Waals surface area contributed by atoms with Crippen molar-refractivity contribution in [3.63, 3.8) is 0 Å². The second-order valence-electron chi connectivity index (χ2n) is 14.2. The number of halogens is 7. The third-order valence-electron chi connectivity index (χ3n) is 11.5. The molecular weight excluding hydrogens is 814 g/mol. The molecule has 6 unspecified atom stereocenters. The van der Waals surface area contributed by atoms with Gasteiger partial charge in [0.15, 0.2) is 50.3 Å². The molecule has 3 fully saturated rings. The van der Waals surface area contributed by atoms with Gasteiger partial charge >= 0.3 is 0 Å². The zero-order valence-electron chi connectivity index (χ0n) is 30.0. The van der Waals surface area contributed by atoms with Crippen LogP contribution in [0.2, 0.25) is 0 Å². The third-order valence-corrected chi connectivity index (χ3v) is 12.9. The minimum absolute atomic E-state index is 0.0337. The number of phenols is 1. The number of rotatable bonds is 7. The predicted octanol–water partition coefficient (Wildman–Crippen LogP) is 7.10. The molecule has 6 atom stereocenters. The Morgan fingerprint density at radius 2 is 1.29 bits per heavy atom. The summed E-state index contributed by atoms with van der Waals surface area (Å²) >= 11 is 14.4. The largest absolute Gasteiger partial charge is 0.502 e. The highest BCUT2D eigenvalue weighted by Crippen LogP contribution is 2.66. The molecule has 58 heavy (non-hydrogen) atoms. The number of anilines is 2. The molecule has 298 valence electrons. The highest BCUT2D eigenvalue weighted by atomic mass is 35.5. The van der Waals surface area contributed by atoms with Gasteiger partial charge in [0, 0.05) is 17.0 Å². The Morgan fingerprint density at radius 3 is 1.86 bits per heavy atom. The first-order chi connectivity index (χ1) is 27.5. The molecule has 2 heterocycles. The lowest BCUT2D eigenvalue weighted by Gasteiger charge is -2.50. The van der Waals surface area contributed by atoms with Crippen LogP contribution in [0.5, 0.6) is 17.2 Å². The summed E-state index contributed by atoms with van der Waals surface area (Å²) in [6.45, 7) is 0. The van der Waals surface area contributed by atoms with Gasteiger partial charge in [0.05, 0.1) is 31.7 Å². The number of aromatic hydroxyl groups is 1. The molecule has 2 aliphatic carbocycles. The van der Waals surface area contributed by atoms with E-state index in [2.05, 4.69) is 0 Å². The van der Waals surface area contributed by atoms with Gasteiger partial charge in [-0.05, 0) is 60.7 Å². The molecule has 17 heteroatoms. The van der Waals surface area contributed by atoms with Crippen molar-refractivity contribution in [3.05, 3.63) is 124 Å². The van der Waals surface area contributed by atoms with Gasteiger partial charge in [-0.3, -0.25) is 28.9 Å². The van der Waals surface area contributed by atoms with Crippen LogP contribution in [0.4, 0.5) is 33.3 Å². The van der Waals surface area contributed by atoms with Crippen LogP contribution in [0.3, 0.4) is 0 Å². The van der Waals surface area contributed by atoms with E-state index in [9.17, 15) is 42.3 Å². The van der Waals surface area contributed by atoms with E-state index in [-0.39, 0.29) is 51.0 Å². The lowest BCUT2D eigenvalue weighted by molar-refractivity contribution is -0.125. The number of alkyl halides is 2. The summed E-state index contributed by atoms with van der Waals surface area (Å²) in [4.78, 5) is 65.8. The van der Waals surface area contributed by atoms with Crippen molar-refractivity contribution in [3.8, 4) is 17.2 Å². The summed E-state index contributed by atoms with van der Waals surface area (Å²) in [6.07, 6.45) is 0.691. The normalized spacial score (nSPS) is 26.3. The summed E-state index contributed by atoms with van der Waals surface area (Å²) in [5.41, 5.74) is -0.970. The van der Waals surface area contributed by atoms with Crippen molar-refractivity contribution in [2.45, 2.75) is 28.5 Å². The maximum atomic E-state index is 15.4. The number of carbonyl (C=O) groups excluding carboxylic acids is 5. The van der Waals surface area contributed by atoms with Crippen LogP contribution in [0, 0.1) is 46.8 Å². The summed E-state index contributed by atoms with van der Waals surface area (Å²) in [7, 11) is 2.37. The van der Waals surface area contributed by atoms with Crippen molar-refractivity contribution in [1.82, 2.24) is 0 Å². The zero-order chi connectivity index (χ0) is 41.7. The predicted molar refractivity (Wildman–Crippen MR) is 196 cm³/mol. The number of fused-ring (bicyclic) bond motifs is 4. The van der Waals surface area contributed by atoms with Crippen LogP contribution in [-0.2, 0) is 19.2 Å². The molecule has 4 aromatic carbocycles. The van der Waals surface area contributed by atoms with Crippen molar-refractivity contribution in [2.75, 3.05) is 24.0 Å². The maximum absolute atomic E-state index is 15.4. The van der Waals surface area contributed by atoms with E-state index in [0.717, 1.165) is 4.90 Å². The quantitative estimate of drug-likeness (QED) is 0.0397. The molecule has 0 aromatic heterocycles. The highest BCUT2D eigenvalue weighted by molar-refractivity contribution is 6.58. The average molecular weight is 842 g/mol. The Kier molecular flexibility index (Phi) is 9.19. The van der Waals surface area contributed by atoms with E-state index in [1.165, 1.54) is 56.7 Å². The second-order valence-corrected chi connectivity index (χ2v) is 15.5. The van der Waals surface area contributed by atoms with E-state index in [4.69, 9.17) is 32.7 Å². The van der Waals surface area contributed by atoms with Gasteiger partial charge in [-0.2, -0.15) is 0 Å². The minimum atomic E-state index is -2.81. The summed E-state index contributed by atoms with van der Waals surface area (Å²) in [6, 6.07) is 16.6. The van der Waals surface area contributed by atoms with Crippen LogP contribution in [0.1, 0.15) is 40.2 Å². The molecule has 0 spiro atoms. The molecule has 1 N–H and O–H groups in total. The topological polar surface area (TPSA) is 131 Å². The number of ether oxygens (including phenoxy) is 2.